The Hall–Kier alpha value is -1.18. The van der Waals surface area contributed by atoms with Gasteiger partial charge in [-0.3, -0.25) is 0 Å². The van der Waals surface area contributed by atoms with E-state index < -0.39 is 0 Å². The van der Waals surface area contributed by atoms with E-state index in [9.17, 15) is 0 Å². The van der Waals surface area contributed by atoms with Crippen molar-refractivity contribution in [3.05, 3.63) is 29.6 Å². The van der Waals surface area contributed by atoms with Crippen molar-refractivity contribution in [3.8, 4) is 6.07 Å². The van der Waals surface area contributed by atoms with E-state index in [2.05, 4.69) is 15.6 Å². The number of nitriles is 1. The van der Waals surface area contributed by atoms with Crippen LogP contribution in [-0.2, 0) is 6.54 Å². The lowest BCUT2D eigenvalue weighted by Crippen LogP contribution is -2.13. The Bertz CT molecular complexity index is 666. The average Bonchev–Trinajstić information content (AvgIpc) is 3.07. The van der Waals surface area contributed by atoms with Crippen LogP contribution in [0.15, 0.2) is 18.2 Å². The molecular formula is C15H16ClN3S. The lowest BCUT2D eigenvalue weighted by Gasteiger charge is -2.14. The zero-order valence-electron chi connectivity index (χ0n) is 11.3. The number of benzene rings is 1. The SMILES string of the molecule is CC(Cl)c1nc2ccc(C#N)cc2n1CC1CCCS1. The maximum absolute atomic E-state index is 9.08. The van der Waals surface area contributed by atoms with E-state index in [0.717, 1.165) is 23.4 Å². The van der Waals surface area contributed by atoms with E-state index in [1.54, 1.807) is 0 Å². The average molecular weight is 306 g/mol. The smallest absolute Gasteiger partial charge is 0.127 e. The molecule has 2 unspecified atom stereocenters. The highest BCUT2D eigenvalue weighted by atomic mass is 35.5. The fourth-order valence-electron chi connectivity index (χ4n) is 2.70. The number of hydrogen-bond acceptors (Lipinski definition) is 3. The number of halogens is 1. The lowest BCUT2D eigenvalue weighted by molar-refractivity contribution is 0.623. The number of nitrogens with zero attached hydrogens (tertiary/aromatic N) is 3. The zero-order chi connectivity index (χ0) is 14.1. The summed E-state index contributed by atoms with van der Waals surface area (Å²) in [5, 5.41) is 9.58. The number of fused-ring (bicyclic) bond motifs is 1. The predicted molar refractivity (Wildman–Crippen MR) is 84.2 cm³/mol. The van der Waals surface area contributed by atoms with Crippen LogP contribution in [-0.4, -0.2) is 20.6 Å². The van der Waals surface area contributed by atoms with Crippen LogP contribution in [0, 0.1) is 11.3 Å². The molecule has 0 saturated carbocycles. The molecule has 104 valence electrons. The summed E-state index contributed by atoms with van der Waals surface area (Å²) < 4.78 is 2.21. The Morgan fingerprint density at radius 2 is 2.45 bits per heavy atom. The summed E-state index contributed by atoms with van der Waals surface area (Å²) in [6, 6.07) is 7.84. The third kappa shape index (κ3) is 2.53. The van der Waals surface area contributed by atoms with Gasteiger partial charge in [0, 0.05) is 11.8 Å². The van der Waals surface area contributed by atoms with Gasteiger partial charge in [0.2, 0.25) is 0 Å². The minimum Gasteiger partial charge on any atom is -0.326 e. The molecule has 1 aromatic carbocycles. The van der Waals surface area contributed by atoms with E-state index >= 15 is 0 Å². The molecule has 0 N–H and O–H groups in total. The van der Waals surface area contributed by atoms with Gasteiger partial charge in [-0.15, -0.1) is 11.6 Å². The first-order valence-corrected chi connectivity index (χ1v) is 8.33. The summed E-state index contributed by atoms with van der Waals surface area (Å²) in [4.78, 5) is 4.64. The van der Waals surface area contributed by atoms with Crippen molar-refractivity contribution in [2.45, 2.75) is 36.9 Å². The minimum atomic E-state index is -0.126. The number of thioether (sulfide) groups is 1. The molecular weight excluding hydrogens is 290 g/mol. The van der Waals surface area contributed by atoms with Crippen LogP contribution in [0.2, 0.25) is 0 Å². The largest absolute Gasteiger partial charge is 0.326 e. The number of alkyl halides is 1. The molecule has 0 amide bonds. The Labute approximate surface area is 127 Å². The summed E-state index contributed by atoms with van der Waals surface area (Å²) in [7, 11) is 0. The lowest BCUT2D eigenvalue weighted by atomic mass is 10.2. The molecule has 1 aromatic heterocycles. The summed E-state index contributed by atoms with van der Waals surface area (Å²) in [6.45, 7) is 2.88. The van der Waals surface area contributed by atoms with Gasteiger partial charge in [-0.25, -0.2) is 4.98 Å². The van der Waals surface area contributed by atoms with Gasteiger partial charge in [-0.1, -0.05) is 0 Å². The predicted octanol–water partition coefficient (Wildman–Crippen LogP) is 4.10. The zero-order valence-corrected chi connectivity index (χ0v) is 12.9. The molecule has 20 heavy (non-hydrogen) atoms. The standard InChI is InChI=1S/C15H16ClN3S/c1-10(16)15-18-13-5-4-11(8-17)7-14(13)19(15)9-12-3-2-6-20-12/h4-5,7,10,12H,2-3,6,9H2,1H3. The fraction of sp³-hybridized carbons (Fsp3) is 0.467. The Kier molecular flexibility index (Phi) is 3.91. The number of rotatable bonds is 3. The van der Waals surface area contributed by atoms with E-state index in [-0.39, 0.29) is 5.38 Å². The Balaban J connectivity index is 2.09. The highest BCUT2D eigenvalue weighted by Gasteiger charge is 2.21. The van der Waals surface area contributed by atoms with E-state index in [1.165, 1.54) is 18.6 Å². The van der Waals surface area contributed by atoms with Crippen molar-refractivity contribution in [1.29, 1.82) is 5.26 Å². The molecule has 2 atom stereocenters. The van der Waals surface area contributed by atoms with Gasteiger partial charge in [0.15, 0.2) is 0 Å². The summed E-state index contributed by atoms with van der Waals surface area (Å²) >= 11 is 8.31. The first-order valence-electron chi connectivity index (χ1n) is 6.85. The van der Waals surface area contributed by atoms with Crippen LogP contribution in [0.5, 0.6) is 0 Å². The molecule has 1 aliphatic heterocycles. The second-order valence-electron chi connectivity index (χ2n) is 5.15. The van der Waals surface area contributed by atoms with Gasteiger partial charge >= 0.3 is 0 Å². The molecule has 0 spiro atoms. The first kappa shape index (κ1) is 13.8. The van der Waals surface area contributed by atoms with Gasteiger partial charge in [-0.2, -0.15) is 17.0 Å². The monoisotopic (exact) mass is 305 g/mol. The van der Waals surface area contributed by atoms with Gasteiger partial charge in [0.25, 0.3) is 0 Å². The molecule has 3 nitrogen and oxygen atoms in total. The highest BCUT2D eigenvalue weighted by Crippen LogP contribution is 2.31. The van der Waals surface area contributed by atoms with Crippen molar-refractivity contribution in [2.24, 2.45) is 0 Å². The van der Waals surface area contributed by atoms with Crippen molar-refractivity contribution in [2.75, 3.05) is 5.75 Å². The normalized spacial score (nSPS) is 20.1. The summed E-state index contributed by atoms with van der Waals surface area (Å²) in [5.41, 5.74) is 2.63. The molecule has 0 bridgehead atoms. The Morgan fingerprint density at radius 3 is 3.10 bits per heavy atom. The quantitative estimate of drug-likeness (QED) is 0.802. The van der Waals surface area contributed by atoms with Crippen molar-refractivity contribution < 1.29 is 0 Å². The molecule has 3 rings (SSSR count). The van der Waals surface area contributed by atoms with Crippen LogP contribution >= 0.6 is 23.4 Å². The molecule has 5 heteroatoms. The molecule has 0 aliphatic carbocycles. The van der Waals surface area contributed by atoms with E-state index in [1.807, 2.05) is 36.9 Å². The van der Waals surface area contributed by atoms with Crippen LogP contribution in [0.25, 0.3) is 11.0 Å². The molecule has 1 saturated heterocycles. The van der Waals surface area contributed by atoms with Crippen LogP contribution < -0.4 is 0 Å². The number of imidazole rings is 1. The molecule has 1 aliphatic rings. The third-order valence-corrected chi connectivity index (χ3v) is 5.25. The minimum absolute atomic E-state index is 0.126. The maximum atomic E-state index is 9.08. The Morgan fingerprint density at radius 1 is 1.60 bits per heavy atom. The molecule has 0 radical (unpaired) electrons. The first-order chi connectivity index (χ1) is 9.69. The van der Waals surface area contributed by atoms with Crippen LogP contribution in [0.3, 0.4) is 0 Å². The van der Waals surface area contributed by atoms with E-state index in [4.69, 9.17) is 16.9 Å². The fourth-order valence-corrected chi connectivity index (χ4v) is 4.12. The number of hydrogen-bond donors (Lipinski definition) is 0. The highest BCUT2D eigenvalue weighted by molar-refractivity contribution is 8.00. The van der Waals surface area contributed by atoms with Gasteiger partial charge in [0.05, 0.1) is 28.0 Å². The van der Waals surface area contributed by atoms with Gasteiger partial charge < -0.3 is 4.57 Å². The van der Waals surface area contributed by atoms with Crippen LogP contribution in [0.4, 0.5) is 0 Å². The maximum Gasteiger partial charge on any atom is 0.127 e. The second kappa shape index (κ2) is 5.67. The van der Waals surface area contributed by atoms with Gasteiger partial charge in [0.1, 0.15) is 5.82 Å². The molecule has 2 aromatic rings. The topological polar surface area (TPSA) is 41.6 Å². The second-order valence-corrected chi connectivity index (χ2v) is 7.21. The summed E-state index contributed by atoms with van der Waals surface area (Å²) in [5.74, 6) is 2.15. The van der Waals surface area contributed by atoms with Crippen molar-refractivity contribution in [1.82, 2.24) is 9.55 Å². The number of aromatic nitrogens is 2. The van der Waals surface area contributed by atoms with Crippen molar-refractivity contribution in [3.63, 3.8) is 0 Å². The van der Waals surface area contributed by atoms with Crippen LogP contribution in [0.1, 0.15) is 36.5 Å². The summed E-state index contributed by atoms with van der Waals surface area (Å²) in [6.07, 6.45) is 2.54. The van der Waals surface area contributed by atoms with Gasteiger partial charge in [-0.05, 0) is 43.7 Å². The molecule has 2 heterocycles. The molecule has 1 fully saturated rings. The third-order valence-electron chi connectivity index (χ3n) is 3.67. The van der Waals surface area contributed by atoms with Crippen molar-refractivity contribution >= 4 is 34.4 Å². The van der Waals surface area contributed by atoms with E-state index in [0.29, 0.717) is 10.8 Å².